The molecule has 3 aliphatic rings. The normalized spacial score (nSPS) is 22.1. The van der Waals surface area contributed by atoms with Gasteiger partial charge in [0.15, 0.2) is 5.60 Å². The number of nitro benzene ring substituents is 1. The van der Waals surface area contributed by atoms with E-state index < -0.39 is 5.60 Å². The van der Waals surface area contributed by atoms with Gasteiger partial charge >= 0.3 is 0 Å². The third-order valence-corrected chi connectivity index (χ3v) is 6.90. The summed E-state index contributed by atoms with van der Waals surface area (Å²) >= 11 is 0. The van der Waals surface area contributed by atoms with Gasteiger partial charge in [-0.2, -0.15) is 0 Å². The Labute approximate surface area is 193 Å². The molecular formula is C27H27N3O3. The standard InChI is InChI=1S/C27H27N3O3/c1-26(2)24-7-5-6-16-29(24)25-18-20-17-22(30(31)32)12-13-23(20)33-27(25,26)15-14-19-8-10-21(11-9-19)28(3)4/h5-15,17-18H,16H2,1-4H3/b15-14+. The van der Waals surface area contributed by atoms with E-state index >= 15 is 0 Å². The number of nitro groups is 1. The lowest BCUT2D eigenvalue weighted by Gasteiger charge is -2.41. The molecule has 33 heavy (non-hydrogen) atoms. The number of anilines is 1. The SMILES string of the molecule is CN(C)c1ccc(/C=C/C23Oc4ccc([N+](=O)[O-])cc4C=C2N2CC=CC=C2C3(C)C)cc1. The summed E-state index contributed by atoms with van der Waals surface area (Å²) in [5, 5.41) is 11.3. The Kier molecular flexibility index (Phi) is 4.71. The number of benzene rings is 2. The second-order valence-corrected chi connectivity index (χ2v) is 9.38. The van der Waals surface area contributed by atoms with Gasteiger partial charge in [0, 0.05) is 49.7 Å². The van der Waals surface area contributed by atoms with Crippen molar-refractivity contribution in [2.75, 3.05) is 25.5 Å². The number of nitrogens with zero attached hydrogens (tertiary/aromatic N) is 3. The van der Waals surface area contributed by atoms with Crippen molar-refractivity contribution in [1.29, 1.82) is 0 Å². The molecule has 2 aromatic rings. The Morgan fingerprint density at radius 1 is 1.12 bits per heavy atom. The van der Waals surface area contributed by atoms with Gasteiger partial charge in [0.2, 0.25) is 0 Å². The lowest BCUT2D eigenvalue weighted by Crippen LogP contribution is -2.47. The van der Waals surface area contributed by atoms with Crippen LogP contribution in [-0.2, 0) is 0 Å². The van der Waals surface area contributed by atoms with Crippen LogP contribution in [0, 0.1) is 15.5 Å². The van der Waals surface area contributed by atoms with Gasteiger partial charge in [0.25, 0.3) is 5.69 Å². The maximum atomic E-state index is 11.3. The van der Waals surface area contributed by atoms with E-state index in [-0.39, 0.29) is 16.0 Å². The van der Waals surface area contributed by atoms with Crippen LogP contribution >= 0.6 is 0 Å². The molecule has 3 aliphatic heterocycles. The largest absolute Gasteiger partial charge is 0.475 e. The number of hydrogen-bond acceptors (Lipinski definition) is 5. The number of allylic oxidation sites excluding steroid dienone is 2. The summed E-state index contributed by atoms with van der Waals surface area (Å²) in [6, 6.07) is 13.2. The maximum absolute atomic E-state index is 11.3. The lowest BCUT2D eigenvalue weighted by atomic mass is 9.72. The highest BCUT2D eigenvalue weighted by Gasteiger charge is 2.61. The number of non-ortho nitro benzene ring substituents is 1. The molecule has 168 valence electrons. The van der Waals surface area contributed by atoms with Crippen molar-refractivity contribution < 1.29 is 9.66 Å². The molecule has 0 saturated carbocycles. The van der Waals surface area contributed by atoms with Crippen molar-refractivity contribution in [3.63, 3.8) is 0 Å². The first-order chi connectivity index (χ1) is 15.7. The predicted molar refractivity (Wildman–Crippen MR) is 132 cm³/mol. The summed E-state index contributed by atoms with van der Waals surface area (Å²) in [5.41, 5.74) is 4.08. The van der Waals surface area contributed by atoms with Gasteiger partial charge in [-0.05, 0) is 55.8 Å². The Bertz CT molecular complexity index is 1250. The summed E-state index contributed by atoms with van der Waals surface area (Å²) in [6.07, 6.45) is 12.6. The average Bonchev–Trinajstić information content (AvgIpc) is 3.00. The molecule has 1 unspecified atom stereocenters. The zero-order valence-electron chi connectivity index (χ0n) is 19.3. The first-order valence-corrected chi connectivity index (χ1v) is 11.0. The molecule has 5 rings (SSSR count). The molecular weight excluding hydrogens is 414 g/mol. The van der Waals surface area contributed by atoms with Crippen molar-refractivity contribution in [1.82, 2.24) is 4.90 Å². The second-order valence-electron chi connectivity index (χ2n) is 9.38. The van der Waals surface area contributed by atoms with E-state index in [1.165, 1.54) is 11.8 Å². The van der Waals surface area contributed by atoms with Gasteiger partial charge < -0.3 is 14.5 Å². The van der Waals surface area contributed by atoms with Crippen LogP contribution in [0.15, 0.2) is 78.2 Å². The highest BCUT2D eigenvalue weighted by Crippen LogP contribution is 2.59. The topological polar surface area (TPSA) is 58.9 Å². The number of ether oxygens (including phenoxy) is 1. The van der Waals surface area contributed by atoms with Crippen molar-refractivity contribution >= 4 is 23.5 Å². The van der Waals surface area contributed by atoms with E-state index in [1.807, 2.05) is 20.2 Å². The zero-order chi connectivity index (χ0) is 23.4. The van der Waals surface area contributed by atoms with Crippen molar-refractivity contribution in [3.05, 3.63) is 99.4 Å². The van der Waals surface area contributed by atoms with Crippen LogP contribution in [0.1, 0.15) is 25.0 Å². The smallest absolute Gasteiger partial charge is 0.270 e. The Morgan fingerprint density at radius 2 is 1.88 bits per heavy atom. The van der Waals surface area contributed by atoms with Crippen LogP contribution in [0.2, 0.25) is 0 Å². The van der Waals surface area contributed by atoms with E-state index in [9.17, 15) is 10.1 Å². The molecule has 0 aliphatic carbocycles. The molecule has 1 fully saturated rings. The summed E-state index contributed by atoms with van der Waals surface area (Å²) in [7, 11) is 4.05. The van der Waals surface area contributed by atoms with E-state index in [0.29, 0.717) is 5.75 Å². The molecule has 6 nitrogen and oxygen atoms in total. The molecule has 1 saturated heterocycles. The fraction of sp³-hybridized carbons (Fsp3) is 0.259. The van der Waals surface area contributed by atoms with Gasteiger partial charge in [-0.25, -0.2) is 0 Å². The molecule has 0 spiro atoms. The van der Waals surface area contributed by atoms with Gasteiger partial charge in [0.1, 0.15) is 5.75 Å². The fourth-order valence-electron chi connectivity index (χ4n) is 4.96. The molecule has 0 amide bonds. The third kappa shape index (κ3) is 3.17. The van der Waals surface area contributed by atoms with Gasteiger partial charge in [-0.1, -0.05) is 30.4 Å². The van der Waals surface area contributed by atoms with E-state index in [0.717, 1.165) is 29.1 Å². The first kappa shape index (κ1) is 21.1. The molecule has 6 heteroatoms. The summed E-state index contributed by atoms with van der Waals surface area (Å²) < 4.78 is 6.77. The van der Waals surface area contributed by atoms with E-state index in [2.05, 4.69) is 78.3 Å². The molecule has 0 radical (unpaired) electrons. The highest BCUT2D eigenvalue weighted by molar-refractivity contribution is 5.72. The minimum absolute atomic E-state index is 0.0600. The Hall–Kier alpha value is -3.80. The molecule has 1 atom stereocenters. The fourth-order valence-corrected chi connectivity index (χ4v) is 4.96. The zero-order valence-corrected chi connectivity index (χ0v) is 19.3. The van der Waals surface area contributed by atoms with Crippen LogP contribution in [-0.4, -0.2) is 36.1 Å². The van der Waals surface area contributed by atoms with Gasteiger partial charge in [0.05, 0.1) is 16.0 Å². The third-order valence-electron chi connectivity index (χ3n) is 6.90. The Balaban J connectivity index is 1.64. The molecule has 0 N–H and O–H groups in total. The summed E-state index contributed by atoms with van der Waals surface area (Å²) in [4.78, 5) is 15.3. The lowest BCUT2D eigenvalue weighted by molar-refractivity contribution is -0.384. The number of rotatable bonds is 4. The van der Waals surface area contributed by atoms with Crippen molar-refractivity contribution in [3.8, 4) is 5.75 Å². The summed E-state index contributed by atoms with van der Waals surface area (Å²) in [5.74, 6) is 0.651. The van der Waals surface area contributed by atoms with E-state index in [4.69, 9.17) is 4.74 Å². The van der Waals surface area contributed by atoms with Crippen LogP contribution in [0.5, 0.6) is 5.75 Å². The first-order valence-electron chi connectivity index (χ1n) is 11.0. The second kappa shape index (κ2) is 7.37. The average molecular weight is 442 g/mol. The van der Waals surface area contributed by atoms with Crippen molar-refractivity contribution in [2.24, 2.45) is 5.41 Å². The maximum Gasteiger partial charge on any atom is 0.270 e. The van der Waals surface area contributed by atoms with Crippen LogP contribution in [0.4, 0.5) is 11.4 Å². The number of hydrogen-bond donors (Lipinski definition) is 0. The number of fused-ring (bicyclic) bond motifs is 4. The highest BCUT2D eigenvalue weighted by atomic mass is 16.6. The van der Waals surface area contributed by atoms with Gasteiger partial charge in [-0.3, -0.25) is 10.1 Å². The summed E-state index contributed by atoms with van der Waals surface area (Å²) in [6.45, 7) is 5.13. The molecule has 0 bridgehead atoms. The van der Waals surface area contributed by atoms with Crippen LogP contribution < -0.4 is 9.64 Å². The van der Waals surface area contributed by atoms with Gasteiger partial charge in [-0.15, -0.1) is 0 Å². The van der Waals surface area contributed by atoms with Crippen LogP contribution in [0.3, 0.4) is 0 Å². The minimum atomic E-state index is -0.742. The molecule has 0 aromatic heterocycles. The van der Waals surface area contributed by atoms with E-state index in [1.54, 1.807) is 12.1 Å². The predicted octanol–water partition coefficient (Wildman–Crippen LogP) is 5.64. The molecule has 3 heterocycles. The van der Waals surface area contributed by atoms with Crippen LogP contribution in [0.25, 0.3) is 12.2 Å². The monoisotopic (exact) mass is 441 g/mol. The minimum Gasteiger partial charge on any atom is -0.475 e. The molecule has 2 aromatic carbocycles. The quantitative estimate of drug-likeness (QED) is 0.454. The van der Waals surface area contributed by atoms with Crippen molar-refractivity contribution in [2.45, 2.75) is 19.4 Å². The Morgan fingerprint density at radius 3 is 2.58 bits per heavy atom.